The molecule has 0 atom stereocenters. The van der Waals surface area contributed by atoms with E-state index < -0.39 is 5.91 Å². The van der Waals surface area contributed by atoms with Gasteiger partial charge in [-0.2, -0.15) is 0 Å². The average molecular weight is 322 g/mol. The molecule has 0 bridgehead atoms. The van der Waals surface area contributed by atoms with Crippen LogP contribution < -0.4 is 11.1 Å². The summed E-state index contributed by atoms with van der Waals surface area (Å²) in [4.78, 5) is 23.3. The van der Waals surface area contributed by atoms with Gasteiger partial charge in [0.2, 0.25) is 11.8 Å². The second kappa shape index (κ2) is 6.20. The molecule has 24 heavy (non-hydrogen) atoms. The summed E-state index contributed by atoms with van der Waals surface area (Å²) in [5, 5.41) is 3.76. The Kier molecular flexibility index (Phi) is 4.08. The molecule has 0 aliphatic rings. The predicted molar refractivity (Wildman–Crippen MR) is 93.0 cm³/mol. The first-order valence-corrected chi connectivity index (χ1v) is 7.61. The molecule has 122 valence electrons. The van der Waals surface area contributed by atoms with Crippen LogP contribution in [0.3, 0.4) is 0 Å². The van der Waals surface area contributed by atoms with E-state index in [0.717, 1.165) is 27.7 Å². The van der Waals surface area contributed by atoms with E-state index in [-0.39, 0.29) is 12.3 Å². The van der Waals surface area contributed by atoms with Crippen molar-refractivity contribution in [2.45, 2.75) is 20.3 Å². The van der Waals surface area contributed by atoms with Gasteiger partial charge in [-0.05, 0) is 61.4 Å². The van der Waals surface area contributed by atoms with Crippen LogP contribution in [0.2, 0.25) is 0 Å². The molecular weight excluding hydrogens is 304 g/mol. The first-order chi connectivity index (χ1) is 11.4. The van der Waals surface area contributed by atoms with Gasteiger partial charge >= 0.3 is 0 Å². The summed E-state index contributed by atoms with van der Waals surface area (Å²) >= 11 is 0. The van der Waals surface area contributed by atoms with Crippen molar-refractivity contribution in [1.29, 1.82) is 0 Å². The van der Waals surface area contributed by atoms with Gasteiger partial charge < -0.3 is 15.5 Å². The molecule has 1 heterocycles. The van der Waals surface area contributed by atoms with Crippen LogP contribution in [0.25, 0.3) is 11.0 Å². The van der Waals surface area contributed by atoms with E-state index in [4.69, 9.17) is 10.2 Å². The van der Waals surface area contributed by atoms with Gasteiger partial charge in [0.15, 0.2) is 0 Å². The molecule has 0 spiro atoms. The summed E-state index contributed by atoms with van der Waals surface area (Å²) in [6.45, 7) is 4.06. The Morgan fingerprint density at radius 3 is 2.42 bits per heavy atom. The number of anilines is 1. The third-order valence-corrected chi connectivity index (χ3v) is 4.07. The Morgan fingerprint density at radius 2 is 1.75 bits per heavy atom. The number of furan rings is 1. The summed E-state index contributed by atoms with van der Waals surface area (Å²) in [6.07, 6.45) is 1.84. The molecule has 0 radical (unpaired) electrons. The molecule has 5 heteroatoms. The smallest absolute Gasteiger partial charge is 0.248 e. The minimum atomic E-state index is -0.497. The highest BCUT2D eigenvalue weighted by atomic mass is 16.3. The monoisotopic (exact) mass is 322 g/mol. The Morgan fingerprint density at radius 1 is 1.08 bits per heavy atom. The number of rotatable bonds is 4. The van der Waals surface area contributed by atoms with E-state index >= 15 is 0 Å². The molecule has 2 aromatic carbocycles. The number of primary amides is 1. The van der Waals surface area contributed by atoms with Crippen LogP contribution in [0.5, 0.6) is 0 Å². The van der Waals surface area contributed by atoms with Crippen molar-refractivity contribution in [1.82, 2.24) is 0 Å². The predicted octanol–water partition coefficient (Wildman–Crippen LogP) is 3.33. The van der Waals surface area contributed by atoms with Crippen molar-refractivity contribution >= 4 is 28.5 Å². The van der Waals surface area contributed by atoms with Gasteiger partial charge in [-0.3, -0.25) is 9.59 Å². The molecule has 1 aromatic heterocycles. The lowest BCUT2D eigenvalue weighted by molar-refractivity contribution is -0.115. The number of carbonyl (C=O) groups excluding carboxylic acids is 2. The van der Waals surface area contributed by atoms with Crippen molar-refractivity contribution in [3.63, 3.8) is 0 Å². The van der Waals surface area contributed by atoms with E-state index in [0.29, 0.717) is 11.3 Å². The molecule has 0 saturated heterocycles. The maximum atomic E-state index is 12.2. The summed E-state index contributed by atoms with van der Waals surface area (Å²) in [5.74, 6) is -0.647. The van der Waals surface area contributed by atoms with Crippen LogP contribution in [0.1, 0.15) is 27.0 Å². The number of fused-ring (bicyclic) bond motifs is 1. The molecule has 3 aromatic rings. The minimum Gasteiger partial charge on any atom is -0.464 e. The fraction of sp³-hybridized carbons (Fsp3) is 0.158. The van der Waals surface area contributed by atoms with Crippen molar-refractivity contribution < 1.29 is 14.0 Å². The van der Waals surface area contributed by atoms with Gasteiger partial charge in [-0.15, -0.1) is 0 Å². The quantitative estimate of drug-likeness (QED) is 0.772. The molecule has 5 nitrogen and oxygen atoms in total. The van der Waals surface area contributed by atoms with Crippen LogP contribution in [-0.4, -0.2) is 11.8 Å². The summed E-state index contributed by atoms with van der Waals surface area (Å²) < 4.78 is 5.55. The van der Waals surface area contributed by atoms with Crippen molar-refractivity contribution in [2.75, 3.05) is 5.32 Å². The maximum absolute atomic E-state index is 12.2. The fourth-order valence-electron chi connectivity index (χ4n) is 2.57. The van der Waals surface area contributed by atoms with Crippen molar-refractivity contribution in [2.24, 2.45) is 5.73 Å². The lowest BCUT2D eigenvalue weighted by Gasteiger charge is -2.05. The van der Waals surface area contributed by atoms with E-state index in [1.54, 1.807) is 30.5 Å². The second-order valence-corrected chi connectivity index (χ2v) is 5.86. The summed E-state index contributed by atoms with van der Waals surface area (Å²) in [5.41, 5.74) is 10.2. The fourth-order valence-corrected chi connectivity index (χ4v) is 2.57. The molecule has 3 rings (SSSR count). The number of carbonyl (C=O) groups is 2. The van der Waals surface area contributed by atoms with Gasteiger partial charge in [0, 0.05) is 22.2 Å². The summed E-state index contributed by atoms with van der Waals surface area (Å²) in [7, 11) is 0. The first kappa shape index (κ1) is 15.8. The van der Waals surface area contributed by atoms with E-state index in [2.05, 4.69) is 5.32 Å². The Balaban J connectivity index is 1.75. The highest BCUT2D eigenvalue weighted by molar-refractivity contribution is 5.97. The molecule has 0 aliphatic carbocycles. The highest BCUT2D eigenvalue weighted by Crippen LogP contribution is 2.25. The highest BCUT2D eigenvalue weighted by Gasteiger charge is 2.12. The van der Waals surface area contributed by atoms with Gasteiger partial charge in [0.1, 0.15) is 5.58 Å². The topological polar surface area (TPSA) is 85.3 Å². The Labute approximate surface area is 139 Å². The molecule has 0 unspecified atom stereocenters. The third kappa shape index (κ3) is 3.15. The second-order valence-electron chi connectivity index (χ2n) is 5.86. The van der Waals surface area contributed by atoms with Crippen LogP contribution in [0.15, 0.2) is 47.1 Å². The zero-order valence-corrected chi connectivity index (χ0v) is 13.6. The normalized spacial score (nSPS) is 10.8. The standard InChI is InChI=1S/C19H18N2O3/c1-11-7-16-14(10-24-17(16)8-12(11)2)9-18(22)21-15-5-3-13(4-6-15)19(20)23/h3-8,10H,9H2,1-2H3,(H2,20,23)(H,21,22). The average Bonchev–Trinajstić information content (AvgIpc) is 2.90. The number of benzene rings is 2. The Hall–Kier alpha value is -3.08. The van der Waals surface area contributed by atoms with Gasteiger partial charge in [0.05, 0.1) is 12.7 Å². The van der Waals surface area contributed by atoms with Crippen molar-refractivity contribution in [3.05, 3.63) is 64.9 Å². The molecule has 2 amide bonds. The van der Waals surface area contributed by atoms with Crippen molar-refractivity contribution in [3.8, 4) is 0 Å². The number of hydrogen-bond acceptors (Lipinski definition) is 3. The lowest BCUT2D eigenvalue weighted by Crippen LogP contribution is -2.15. The van der Waals surface area contributed by atoms with E-state index in [1.165, 1.54) is 0 Å². The number of nitrogens with one attached hydrogen (secondary N) is 1. The largest absolute Gasteiger partial charge is 0.464 e. The van der Waals surface area contributed by atoms with Crippen LogP contribution >= 0.6 is 0 Å². The number of aryl methyl sites for hydroxylation is 2. The molecule has 3 N–H and O–H groups in total. The molecular formula is C19H18N2O3. The van der Waals surface area contributed by atoms with Gasteiger partial charge in [-0.25, -0.2) is 0 Å². The van der Waals surface area contributed by atoms with E-state index in [1.807, 2.05) is 26.0 Å². The zero-order valence-electron chi connectivity index (χ0n) is 13.6. The molecule has 0 saturated carbocycles. The SMILES string of the molecule is Cc1cc2occ(CC(=O)Nc3ccc(C(N)=O)cc3)c2cc1C. The number of hydrogen-bond donors (Lipinski definition) is 2. The number of nitrogens with two attached hydrogens (primary N) is 1. The maximum Gasteiger partial charge on any atom is 0.248 e. The van der Waals surface area contributed by atoms with Crippen LogP contribution in [-0.2, 0) is 11.2 Å². The molecule has 0 aliphatic heterocycles. The third-order valence-electron chi connectivity index (χ3n) is 4.07. The summed E-state index contributed by atoms with van der Waals surface area (Å²) in [6, 6.07) is 10.5. The Bertz CT molecular complexity index is 924. The number of amides is 2. The van der Waals surface area contributed by atoms with Crippen LogP contribution in [0, 0.1) is 13.8 Å². The van der Waals surface area contributed by atoms with Gasteiger partial charge in [-0.1, -0.05) is 0 Å². The lowest BCUT2D eigenvalue weighted by atomic mass is 10.0. The zero-order chi connectivity index (χ0) is 17.3. The minimum absolute atomic E-state index is 0.150. The molecule has 0 fully saturated rings. The van der Waals surface area contributed by atoms with E-state index in [9.17, 15) is 9.59 Å². The van der Waals surface area contributed by atoms with Gasteiger partial charge in [0.25, 0.3) is 0 Å². The van der Waals surface area contributed by atoms with Crippen LogP contribution in [0.4, 0.5) is 5.69 Å². The first-order valence-electron chi connectivity index (χ1n) is 7.61.